The first-order valence-corrected chi connectivity index (χ1v) is 11.4. The largest absolute Gasteiger partial charge is 0.496 e. The summed E-state index contributed by atoms with van der Waals surface area (Å²) in [6, 6.07) is 8.48. The van der Waals surface area contributed by atoms with Gasteiger partial charge in [0, 0.05) is 17.5 Å². The highest BCUT2D eigenvalue weighted by Crippen LogP contribution is 2.39. The van der Waals surface area contributed by atoms with E-state index in [0.717, 1.165) is 16.7 Å². The lowest BCUT2D eigenvalue weighted by Gasteiger charge is -2.27. The molecule has 0 spiro atoms. The van der Waals surface area contributed by atoms with Gasteiger partial charge >= 0.3 is 5.97 Å². The number of hydrogen-bond donors (Lipinski definition) is 3. The molecule has 0 unspecified atom stereocenters. The van der Waals surface area contributed by atoms with Crippen molar-refractivity contribution in [3.05, 3.63) is 47.5 Å². The Balaban J connectivity index is 2.25. The van der Waals surface area contributed by atoms with Crippen LogP contribution in [0.5, 0.6) is 11.5 Å². The Hall–Kier alpha value is -3.59. The molecule has 3 rings (SSSR count). The van der Waals surface area contributed by atoms with E-state index in [1.807, 2.05) is 38.1 Å². The number of carbonyl (C=O) groups excluding carboxylic acids is 3. The Kier molecular flexibility index (Phi) is 8.34. The van der Waals surface area contributed by atoms with Crippen LogP contribution in [-0.4, -0.2) is 58.2 Å². The lowest BCUT2D eigenvalue weighted by atomic mass is 9.93. The number of benzene rings is 2. The summed E-state index contributed by atoms with van der Waals surface area (Å²) in [6.07, 6.45) is 0.190. The molecule has 2 amide bonds. The summed E-state index contributed by atoms with van der Waals surface area (Å²) in [4.78, 5) is 39.1. The summed E-state index contributed by atoms with van der Waals surface area (Å²) < 4.78 is 16.2. The molecule has 0 fully saturated rings. The number of amides is 2. The van der Waals surface area contributed by atoms with Gasteiger partial charge in [-0.15, -0.1) is 0 Å². The zero-order chi connectivity index (χ0) is 25.7. The summed E-state index contributed by atoms with van der Waals surface area (Å²) in [7, 11) is 6.09. The standard InChI is InChI=1S/C26H33N3O6/c1-14(2)22-24(30)28-19(26(32)35-6)12-15-7-9-20(33-4)17(11-15)18-13-16(8-10-21(18)34-5)23(27-3)25(31)29-22/h7-11,13-14,19,22-23,27H,12H2,1-6H3,(H,28,30)(H,29,31)/t19-,22-,23-/m0/s1. The number of methoxy groups -OCH3 is 3. The zero-order valence-electron chi connectivity index (χ0n) is 20.9. The molecule has 1 heterocycles. The van der Waals surface area contributed by atoms with Gasteiger partial charge < -0.3 is 30.2 Å². The van der Waals surface area contributed by atoms with Crippen molar-refractivity contribution in [2.45, 2.75) is 38.4 Å². The molecule has 35 heavy (non-hydrogen) atoms. The molecule has 0 aliphatic carbocycles. The van der Waals surface area contributed by atoms with Crippen LogP contribution in [0.25, 0.3) is 11.1 Å². The zero-order valence-corrected chi connectivity index (χ0v) is 20.9. The first-order valence-electron chi connectivity index (χ1n) is 11.4. The minimum atomic E-state index is -0.942. The van der Waals surface area contributed by atoms with Gasteiger partial charge in [-0.3, -0.25) is 9.59 Å². The maximum atomic E-state index is 13.3. The van der Waals surface area contributed by atoms with E-state index in [9.17, 15) is 14.4 Å². The molecular weight excluding hydrogens is 450 g/mol. The van der Waals surface area contributed by atoms with Crippen LogP contribution in [0.1, 0.15) is 31.0 Å². The van der Waals surface area contributed by atoms with Crippen LogP contribution >= 0.6 is 0 Å². The SMILES string of the molecule is CN[C@@H]1C(=O)N[C@@H](C(C)C)C(=O)N[C@H](C(=O)OC)Cc2ccc(OC)c(c2)-c2cc1ccc2OC. The molecule has 0 saturated heterocycles. The Labute approximate surface area is 205 Å². The molecule has 0 radical (unpaired) electrons. The van der Waals surface area contributed by atoms with Gasteiger partial charge in [0.05, 0.1) is 21.3 Å². The van der Waals surface area contributed by atoms with E-state index in [1.165, 1.54) is 7.11 Å². The Morgan fingerprint density at radius 3 is 2.14 bits per heavy atom. The highest BCUT2D eigenvalue weighted by molar-refractivity contribution is 5.93. The molecule has 0 aromatic heterocycles. The van der Waals surface area contributed by atoms with Crippen molar-refractivity contribution < 1.29 is 28.6 Å². The van der Waals surface area contributed by atoms with Crippen molar-refractivity contribution in [2.75, 3.05) is 28.4 Å². The average molecular weight is 484 g/mol. The minimum Gasteiger partial charge on any atom is -0.496 e. The van der Waals surface area contributed by atoms with Crippen LogP contribution in [0.15, 0.2) is 36.4 Å². The molecule has 9 nitrogen and oxygen atoms in total. The van der Waals surface area contributed by atoms with E-state index in [-0.39, 0.29) is 18.2 Å². The van der Waals surface area contributed by atoms with Gasteiger partial charge in [-0.05, 0) is 48.4 Å². The molecule has 188 valence electrons. The minimum absolute atomic E-state index is 0.190. The summed E-state index contributed by atoms with van der Waals surface area (Å²) in [5.41, 5.74) is 2.94. The van der Waals surface area contributed by atoms with Crippen molar-refractivity contribution in [1.29, 1.82) is 0 Å². The number of nitrogens with one attached hydrogen (secondary N) is 3. The second-order valence-corrected chi connectivity index (χ2v) is 8.73. The average Bonchev–Trinajstić information content (AvgIpc) is 2.85. The number of hydrogen-bond acceptors (Lipinski definition) is 7. The van der Waals surface area contributed by atoms with Crippen LogP contribution in [0.4, 0.5) is 0 Å². The predicted octanol–water partition coefficient (Wildman–Crippen LogP) is 1.99. The maximum Gasteiger partial charge on any atom is 0.328 e. The monoisotopic (exact) mass is 483 g/mol. The van der Waals surface area contributed by atoms with E-state index in [0.29, 0.717) is 17.1 Å². The number of rotatable bonds is 5. The van der Waals surface area contributed by atoms with E-state index in [2.05, 4.69) is 16.0 Å². The number of esters is 1. The quantitative estimate of drug-likeness (QED) is 0.557. The number of ether oxygens (including phenoxy) is 3. The number of likely N-dealkylation sites (N-methyl/N-ethyl adjacent to an activating group) is 1. The highest BCUT2D eigenvalue weighted by Gasteiger charge is 2.32. The molecular formula is C26H33N3O6. The maximum absolute atomic E-state index is 13.3. The first kappa shape index (κ1) is 26.0. The highest BCUT2D eigenvalue weighted by atomic mass is 16.5. The summed E-state index contributed by atoms with van der Waals surface area (Å²) in [5, 5.41) is 8.65. The van der Waals surface area contributed by atoms with Crippen LogP contribution in [0, 0.1) is 5.92 Å². The van der Waals surface area contributed by atoms with E-state index in [1.54, 1.807) is 33.4 Å². The van der Waals surface area contributed by atoms with Crippen molar-refractivity contribution in [3.8, 4) is 22.6 Å². The Morgan fingerprint density at radius 1 is 0.943 bits per heavy atom. The first-order chi connectivity index (χ1) is 16.7. The fourth-order valence-corrected chi connectivity index (χ4v) is 4.26. The van der Waals surface area contributed by atoms with Crippen molar-refractivity contribution in [3.63, 3.8) is 0 Å². The van der Waals surface area contributed by atoms with Crippen LogP contribution in [0.2, 0.25) is 0 Å². The third kappa shape index (κ3) is 5.57. The Morgan fingerprint density at radius 2 is 1.57 bits per heavy atom. The summed E-state index contributed by atoms with van der Waals surface area (Å²) in [5.74, 6) is -0.430. The van der Waals surface area contributed by atoms with Crippen LogP contribution in [-0.2, 0) is 25.5 Å². The second-order valence-electron chi connectivity index (χ2n) is 8.73. The molecule has 0 saturated carbocycles. The van der Waals surface area contributed by atoms with Crippen molar-refractivity contribution in [2.24, 2.45) is 5.92 Å². The summed E-state index contributed by atoms with van der Waals surface area (Å²) in [6.45, 7) is 3.66. The smallest absolute Gasteiger partial charge is 0.328 e. The molecule has 1 aliphatic rings. The van der Waals surface area contributed by atoms with Gasteiger partial charge in [-0.2, -0.15) is 0 Å². The lowest BCUT2D eigenvalue weighted by molar-refractivity contribution is -0.145. The third-order valence-electron chi connectivity index (χ3n) is 6.15. The van der Waals surface area contributed by atoms with Gasteiger partial charge in [0.15, 0.2) is 0 Å². The fourth-order valence-electron chi connectivity index (χ4n) is 4.26. The van der Waals surface area contributed by atoms with E-state index in [4.69, 9.17) is 14.2 Å². The van der Waals surface area contributed by atoms with Gasteiger partial charge in [0.1, 0.15) is 29.6 Å². The molecule has 4 bridgehead atoms. The molecule has 1 aliphatic heterocycles. The van der Waals surface area contributed by atoms with Gasteiger partial charge in [0.2, 0.25) is 11.8 Å². The van der Waals surface area contributed by atoms with Gasteiger partial charge in [-0.1, -0.05) is 26.0 Å². The Bertz CT molecular complexity index is 1100. The molecule has 9 heteroatoms. The second kappa shape index (κ2) is 11.2. The van der Waals surface area contributed by atoms with Crippen LogP contribution in [0.3, 0.4) is 0 Å². The predicted molar refractivity (Wildman–Crippen MR) is 131 cm³/mol. The van der Waals surface area contributed by atoms with E-state index >= 15 is 0 Å². The summed E-state index contributed by atoms with van der Waals surface area (Å²) >= 11 is 0. The van der Waals surface area contributed by atoms with E-state index < -0.39 is 30.0 Å². The van der Waals surface area contributed by atoms with Crippen molar-refractivity contribution in [1.82, 2.24) is 16.0 Å². The molecule has 3 atom stereocenters. The lowest BCUT2D eigenvalue weighted by Crippen LogP contribution is -2.55. The fraction of sp³-hybridized carbons (Fsp3) is 0.423. The van der Waals surface area contributed by atoms with Crippen LogP contribution < -0.4 is 25.4 Å². The van der Waals surface area contributed by atoms with Gasteiger partial charge in [0.25, 0.3) is 0 Å². The van der Waals surface area contributed by atoms with Crippen molar-refractivity contribution >= 4 is 17.8 Å². The molecule has 2 aromatic carbocycles. The molecule has 3 N–H and O–H groups in total. The third-order valence-corrected chi connectivity index (χ3v) is 6.15. The molecule has 2 aromatic rings. The topological polar surface area (TPSA) is 115 Å². The number of carbonyl (C=O) groups is 3. The van der Waals surface area contributed by atoms with Gasteiger partial charge in [-0.25, -0.2) is 4.79 Å². The number of fused-ring (bicyclic) bond motifs is 5. The normalized spacial score (nSPS) is 20.4.